The standard InChI is InChI=1S/C18H29NO2/c1-6-9-19-17(15-10-13(3)21-11-15)16-8-7-12(2)14(4)18(16)20-5/h7-8,13,15,17,19H,6,9-11H2,1-5H3. The molecule has 0 saturated carbocycles. The highest BCUT2D eigenvalue weighted by Gasteiger charge is 2.32. The zero-order valence-electron chi connectivity index (χ0n) is 14.0. The maximum Gasteiger partial charge on any atom is 0.126 e. The zero-order valence-corrected chi connectivity index (χ0v) is 14.0. The summed E-state index contributed by atoms with van der Waals surface area (Å²) in [7, 11) is 1.77. The fourth-order valence-corrected chi connectivity index (χ4v) is 3.24. The van der Waals surface area contributed by atoms with Gasteiger partial charge >= 0.3 is 0 Å². The molecule has 3 atom stereocenters. The fraction of sp³-hybridized carbons (Fsp3) is 0.667. The van der Waals surface area contributed by atoms with Crippen molar-refractivity contribution in [2.45, 2.75) is 52.7 Å². The van der Waals surface area contributed by atoms with E-state index in [-0.39, 0.29) is 0 Å². The van der Waals surface area contributed by atoms with E-state index < -0.39 is 0 Å². The van der Waals surface area contributed by atoms with Gasteiger partial charge < -0.3 is 14.8 Å². The molecule has 118 valence electrons. The topological polar surface area (TPSA) is 30.5 Å². The van der Waals surface area contributed by atoms with Crippen LogP contribution in [0.15, 0.2) is 12.1 Å². The summed E-state index contributed by atoms with van der Waals surface area (Å²) in [6.07, 6.45) is 2.60. The molecule has 1 heterocycles. The predicted octanol–water partition coefficient (Wildman–Crippen LogP) is 3.78. The predicted molar refractivity (Wildman–Crippen MR) is 87.0 cm³/mol. The van der Waals surface area contributed by atoms with E-state index in [1.54, 1.807) is 7.11 Å². The van der Waals surface area contributed by atoms with Gasteiger partial charge in [-0.15, -0.1) is 0 Å². The molecular formula is C18H29NO2. The van der Waals surface area contributed by atoms with Crippen molar-refractivity contribution >= 4 is 0 Å². The third kappa shape index (κ3) is 3.58. The quantitative estimate of drug-likeness (QED) is 0.865. The molecule has 0 bridgehead atoms. The highest BCUT2D eigenvalue weighted by Crippen LogP contribution is 2.38. The Bertz CT molecular complexity index is 473. The average molecular weight is 291 g/mol. The zero-order chi connectivity index (χ0) is 15.4. The molecule has 3 unspecified atom stereocenters. The van der Waals surface area contributed by atoms with E-state index in [0.29, 0.717) is 18.1 Å². The van der Waals surface area contributed by atoms with Crippen LogP contribution < -0.4 is 10.1 Å². The lowest BCUT2D eigenvalue weighted by molar-refractivity contribution is 0.116. The minimum Gasteiger partial charge on any atom is -0.496 e. The van der Waals surface area contributed by atoms with Gasteiger partial charge in [0.1, 0.15) is 5.75 Å². The van der Waals surface area contributed by atoms with E-state index in [9.17, 15) is 0 Å². The van der Waals surface area contributed by atoms with Crippen LogP contribution in [0.3, 0.4) is 0 Å². The van der Waals surface area contributed by atoms with Gasteiger partial charge in [-0.2, -0.15) is 0 Å². The number of hydrogen-bond acceptors (Lipinski definition) is 3. The fourth-order valence-electron chi connectivity index (χ4n) is 3.24. The number of ether oxygens (including phenoxy) is 2. The van der Waals surface area contributed by atoms with Crippen molar-refractivity contribution in [3.63, 3.8) is 0 Å². The van der Waals surface area contributed by atoms with Crippen LogP contribution in [0.4, 0.5) is 0 Å². The van der Waals surface area contributed by atoms with Crippen LogP contribution in [-0.2, 0) is 4.74 Å². The third-order valence-corrected chi connectivity index (χ3v) is 4.56. The lowest BCUT2D eigenvalue weighted by Gasteiger charge is -2.27. The maximum atomic E-state index is 5.79. The molecule has 1 aromatic carbocycles. The molecule has 0 aliphatic carbocycles. The number of rotatable bonds is 6. The number of benzene rings is 1. The molecule has 0 aromatic heterocycles. The van der Waals surface area contributed by atoms with Gasteiger partial charge in [-0.3, -0.25) is 0 Å². The van der Waals surface area contributed by atoms with Crippen LogP contribution in [0.25, 0.3) is 0 Å². The smallest absolute Gasteiger partial charge is 0.126 e. The van der Waals surface area contributed by atoms with Crippen LogP contribution >= 0.6 is 0 Å². The van der Waals surface area contributed by atoms with E-state index in [2.05, 4.69) is 45.1 Å². The summed E-state index contributed by atoms with van der Waals surface area (Å²) in [6, 6.07) is 4.73. The molecule has 0 spiro atoms. The Morgan fingerprint density at radius 2 is 2.14 bits per heavy atom. The first-order chi connectivity index (χ1) is 10.1. The van der Waals surface area contributed by atoms with Crippen molar-refractivity contribution < 1.29 is 9.47 Å². The highest BCUT2D eigenvalue weighted by molar-refractivity contribution is 5.47. The van der Waals surface area contributed by atoms with Crippen molar-refractivity contribution in [1.82, 2.24) is 5.32 Å². The molecular weight excluding hydrogens is 262 g/mol. The second kappa shape index (κ2) is 7.28. The summed E-state index contributed by atoms with van der Waals surface area (Å²) < 4.78 is 11.5. The molecule has 3 nitrogen and oxygen atoms in total. The molecule has 1 aliphatic heterocycles. The normalized spacial score (nSPS) is 23.3. The van der Waals surface area contributed by atoms with Crippen molar-refractivity contribution in [1.29, 1.82) is 0 Å². The van der Waals surface area contributed by atoms with Gasteiger partial charge in [0.05, 0.1) is 19.8 Å². The molecule has 2 rings (SSSR count). The molecule has 1 saturated heterocycles. The molecule has 0 radical (unpaired) electrons. The number of aryl methyl sites for hydroxylation is 1. The number of nitrogens with one attached hydrogen (secondary N) is 1. The first-order valence-electron chi connectivity index (χ1n) is 8.07. The Balaban J connectivity index is 2.34. The third-order valence-electron chi connectivity index (χ3n) is 4.56. The molecule has 1 N–H and O–H groups in total. The van der Waals surface area contributed by atoms with Gasteiger partial charge in [-0.25, -0.2) is 0 Å². The Kier molecular flexibility index (Phi) is 5.65. The van der Waals surface area contributed by atoms with Crippen molar-refractivity contribution in [3.8, 4) is 5.75 Å². The first-order valence-corrected chi connectivity index (χ1v) is 8.07. The minimum atomic E-state index is 0.309. The lowest BCUT2D eigenvalue weighted by Crippen LogP contribution is -2.30. The van der Waals surface area contributed by atoms with E-state index in [1.807, 2.05) is 0 Å². The van der Waals surface area contributed by atoms with Crippen LogP contribution in [0.1, 0.15) is 49.4 Å². The summed E-state index contributed by atoms with van der Waals surface area (Å²) in [5, 5.41) is 3.71. The molecule has 0 amide bonds. The number of methoxy groups -OCH3 is 1. The molecule has 3 heteroatoms. The maximum absolute atomic E-state index is 5.79. The Hall–Kier alpha value is -1.06. The van der Waals surface area contributed by atoms with Gasteiger partial charge in [-0.1, -0.05) is 19.1 Å². The number of hydrogen-bond donors (Lipinski definition) is 1. The van der Waals surface area contributed by atoms with E-state index in [0.717, 1.165) is 31.7 Å². The Labute approximate surface area is 129 Å². The Morgan fingerprint density at radius 1 is 1.38 bits per heavy atom. The van der Waals surface area contributed by atoms with Crippen molar-refractivity contribution in [2.75, 3.05) is 20.3 Å². The minimum absolute atomic E-state index is 0.309. The van der Waals surface area contributed by atoms with Crippen LogP contribution in [0, 0.1) is 19.8 Å². The average Bonchev–Trinajstić information content (AvgIpc) is 2.89. The summed E-state index contributed by atoms with van der Waals surface area (Å²) in [4.78, 5) is 0. The van der Waals surface area contributed by atoms with Gasteiger partial charge in [-0.05, 0) is 51.3 Å². The second-order valence-electron chi connectivity index (χ2n) is 6.20. The molecule has 1 fully saturated rings. The van der Waals surface area contributed by atoms with E-state index in [4.69, 9.17) is 9.47 Å². The first kappa shape index (κ1) is 16.3. The van der Waals surface area contributed by atoms with Crippen molar-refractivity contribution in [2.24, 2.45) is 5.92 Å². The SMILES string of the molecule is CCCNC(c1ccc(C)c(C)c1OC)C1COC(C)C1. The van der Waals surface area contributed by atoms with E-state index >= 15 is 0 Å². The Morgan fingerprint density at radius 3 is 2.71 bits per heavy atom. The van der Waals surface area contributed by atoms with Gasteiger partial charge in [0.2, 0.25) is 0 Å². The van der Waals surface area contributed by atoms with Crippen LogP contribution in [0.5, 0.6) is 5.75 Å². The van der Waals surface area contributed by atoms with E-state index in [1.165, 1.54) is 16.7 Å². The van der Waals surface area contributed by atoms with Crippen molar-refractivity contribution in [3.05, 3.63) is 28.8 Å². The van der Waals surface area contributed by atoms with Gasteiger partial charge in [0.25, 0.3) is 0 Å². The summed E-state index contributed by atoms with van der Waals surface area (Å²) >= 11 is 0. The molecule has 21 heavy (non-hydrogen) atoms. The van der Waals surface area contributed by atoms with Gasteiger partial charge in [0, 0.05) is 17.5 Å². The van der Waals surface area contributed by atoms with Crippen LogP contribution in [0.2, 0.25) is 0 Å². The summed E-state index contributed by atoms with van der Waals surface area (Å²) in [5.74, 6) is 1.55. The monoisotopic (exact) mass is 291 g/mol. The van der Waals surface area contributed by atoms with Crippen LogP contribution in [-0.4, -0.2) is 26.4 Å². The largest absolute Gasteiger partial charge is 0.496 e. The molecule has 1 aliphatic rings. The summed E-state index contributed by atoms with van der Waals surface area (Å²) in [6.45, 7) is 10.5. The highest BCUT2D eigenvalue weighted by atomic mass is 16.5. The molecule has 1 aromatic rings. The summed E-state index contributed by atoms with van der Waals surface area (Å²) in [5.41, 5.74) is 3.79. The second-order valence-corrected chi connectivity index (χ2v) is 6.20. The lowest BCUT2D eigenvalue weighted by atomic mass is 9.88. The van der Waals surface area contributed by atoms with Gasteiger partial charge in [0.15, 0.2) is 0 Å².